The maximum absolute atomic E-state index is 13.6. The predicted molar refractivity (Wildman–Crippen MR) is 218 cm³/mol. The maximum Gasteiger partial charge on any atom is 0.493 e. The summed E-state index contributed by atoms with van der Waals surface area (Å²) in [6.45, 7) is 5.02. The minimum atomic E-state index is -3.89. The van der Waals surface area contributed by atoms with E-state index < -0.39 is 45.9 Å². The standard InChI is InChI=1S/C21H23BFN3O5S.C16H15BFN3O5S/c1-21(2)12-30-22(31-13-21)15-6-7-16-19(10-15)32(27,28)25-20(16)26(3)24-11-14-5-8-17(23)18(9-14)29-4;1-26-14-6-10(2-5-13(14)18)8-19-9-20-16-12-4-3-11(17(22)23)7-15(12)27(24,25)21-16/h5-11H,12-13H2,1-4H3;2-8,22-23H,9H2,1H3,(H,20,21)/b24-11+;. The van der Waals surface area contributed by atoms with Crippen LogP contribution in [-0.4, -0.2) is 111 Å². The van der Waals surface area contributed by atoms with Gasteiger partial charge in [0.2, 0.25) is 0 Å². The molecule has 3 aliphatic rings. The van der Waals surface area contributed by atoms with Crippen molar-refractivity contribution < 1.29 is 54.4 Å². The molecule has 0 aliphatic carbocycles. The van der Waals surface area contributed by atoms with E-state index in [1.165, 1.54) is 92.3 Å². The lowest BCUT2D eigenvalue weighted by atomic mass is 9.75. The zero-order valence-electron chi connectivity index (χ0n) is 32.3. The third kappa shape index (κ3) is 9.86. The van der Waals surface area contributed by atoms with Crippen LogP contribution in [0, 0.1) is 17.0 Å². The summed E-state index contributed by atoms with van der Waals surface area (Å²) in [4.78, 5) is 8.17. The van der Waals surface area contributed by atoms with Crippen LogP contribution in [0.3, 0.4) is 0 Å². The number of ether oxygens (including phenoxy) is 2. The molecule has 0 atom stereocenters. The van der Waals surface area contributed by atoms with E-state index in [-0.39, 0.29) is 50.5 Å². The van der Waals surface area contributed by atoms with E-state index in [0.717, 1.165) is 0 Å². The fourth-order valence-corrected chi connectivity index (χ4v) is 8.41. The Kier molecular flexibility index (Phi) is 12.7. The van der Waals surface area contributed by atoms with Crippen LogP contribution >= 0.6 is 0 Å². The number of hydrogen-bond acceptors (Lipinski definition) is 14. The van der Waals surface area contributed by atoms with Gasteiger partial charge in [-0.15, -0.1) is 4.40 Å². The number of hydrazone groups is 1. The molecule has 4 aromatic carbocycles. The van der Waals surface area contributed by atoms with Crippen molar-refractivity contribution in [2.24, 2.45) is 24.9 Å². The van der Waals surface area contributed by atoms with Gasteiger partial charge in [0.25, 0.3) is 20.0 Å². The van der Waals surface area contributed by atoms with Crippen LogP contribution in [0.1, 0.15) is 36.1 Å². The molecule has 3 aliphatic heterocycles. The smallest absolute Gasteiger partial charge is 0.493 e. The molecule has 1 saturated heterocycles. The number of hydrogen-bond donors (Lipinski definition) is 3. The molecule has 0 aromatic heterocycles. The Morgan fingerprint density at radius 1 is 0.881 bits per heavy atom. The van der Waals surface area contributed by atoms with Gasteiger partial charge in [-0.05, 0) is 58.5 Å². The van der Waals surface area contributed by atoms with Crippen LogP contribution < -0.4 is 25.1 Å². The van der Waals surface area contributed by atoms with Gasteiger partial charge < -0.3 is 28.8 Å². The average molecular weight is 850 g/mol. The molecule has 3 heterocycles. The number of sulfonamides is 2. The van der Waals surface area contributed by atoms with E-state index in [1.54, 1.807) is 19.2 Å². The second kappa shape index (κ2) is 17.4. The quantitative estimate of drug-likeness (QED) is 0.125. The lowest BCUT2D eigenvalue weighted by molar-refractivity contribution is 0.0343. The molecule has 0 radical (unpaired) electrons. The first-order chi connectivity index (χ1) is 27.9. The molecule has 7 rings (SSSR count). The highest BCUT2D eigenvalue weighted by Gasteiger charge is 2.37. The largest absolute Gasteiger partial charge is 0.494 e. The second-order valence-corrected chi connectivity index (χ2v) is 17.2. The molecule has 308 valence electrons. The van der Waals surface area contributed by atoms with Crippen LogP contribution in [-0.2, 0) is 29.4 Å². The Bertz CT molecular complexity index is 2600. The SMILES string of the molecule is COc1cc(/C=N/N(C)C2=NS(=O)(=O)c3cc(B4OCC(C)(C)CO4)ccc32)ccc1F.COc1cc(C=NCN=C2NS(=O)(=O)c3cc(B(O)O)ccc32)ccc1F. The van der Waals surface area contributed by atoms with E-state index in [4.69, 9.17) is 18.8 Å². The van der Waals surface area contributed by atoms with Crippen molar-refractivity contribution >= 4 is 69.3 Å². The van der Waals surface area contributed by atoms with Crippen molar-refractivity contribution in [2.45, 2.75) is 23.6 Å². The fraction of sp³-hybridized carbons (Fsp3) is 0.243. The molecule has 22 heteroatoms. The molecule has 3 N–H and O–H groups in total. The first-order valence-electron chi connectivity index (χ1n) is 17.7. The number of methoxy groups -OCH3 is 2. The van der Waals surface area contributed by atoms with Gasteiger partial charge in [-0.3, -0.25) is 9.71 Å². The first-order valence-corrected chi connectivity index (χ1v) is 20.6. The van der Waals surface area contributed by atoms with Crippen LogP contribution in [0.4, 0.5) is 8.78 Å². The average Bonchev–Trinajstić information content (AvgIpc) is 3.63. The summed E-state index contributed by atoms with van der Waals surface area (Å²) in [7, 11) is -5.80. The monoisotopic (exact) mass is 850 g/mol. The number of halogens is 2. The van der Waals surface area contributed by atoms with Crippen molar-refractivity contribution in [1.82, 2.24) is 9.73 Å². The van der Waals surface area contributed by atoms with Crippen LogP contribution in [0.5, 0.6) is 11.5 Å². The van der Waals surface area contributed by atoms with Gasteiger partial charge in [0.15, 0.2) is 29.0 Å². The molecule has 16 nitrogen and oxygen atoms in total. The van der Waals surface area contributed by atoms with Gasteiger partial charge in [0.05, 0.1) is 25.3 Å². The number of benzene rings is 4. The predicted octanol–water partition coefficient (Wildman–Crippen LogP) is 1.65. The maximum atomic E-state index is 13.6. The molecule has 1 fully saturated rings. The Balaban J connectivity index is 0.000000201. The van der Waals surface area contributed by atoms with Crippen molar-refractivity contribution in [3.8, 4) is 11.5 Å². The normalized spacial score (nSPS) is 17.8. The van der Waals surface area contributed by atoms with Crippen LogP contribution in [0.2, 0.25) is 0 Å². The number of amidine groups is 2. The summed E-state index contributed by atoms with van der Waals surface area (Å²) in [5.41, 5.74) is 2.51. The molecule has 0 saturated carbocycles. The third-order valence-corrected chi connectivity index (χ3v) is 11.6. The van der Waals surface area contributed by atoms with Gasteiger partial charge in [-0.1, -0.05) is 50.2 Å². The van der Waals surface area contributed by atoms with Crippen LogP contribution in [0.15, 0.2) is 102 Å². The zero-order valence-corrected chi connectivity index (χ0v) is 34.0. The highest BCUT2D eigenvalue weighted by molar-refractivity contribution is 7.91. The number of aliphatic imine (C=N–C) groups is 2. The van der Waals surface area contributed by atoms with Crippen molar-refractivity contribution in [1.29, 1.82) is 0 Å². The summed E-state index contributed by atoms with van der Waals surface area (Å²) >= 11 is 0. The first kappa shape index (κ1) is 43.1. The Labute approximate surface area is 340 Å². The summed E-state index contributed by atoms with van der Waals surface area (Å²) in [6, 6.07) is 17.5. The fourth-order valence-electron chi connectivity index (χ4n) is 5.87. The Hall–Kier alpha value is -5.51. The molecule has 0 amide bonds. The van der Waals surface area contributed by atoms with Gasteiger partial charge in [-0.25, -0.2) is 27.2 Å². The summed E-state index contributed by atoms with van der Waals surface area (Å²) in [6.07, 6.45) is 2.93. The van der Waals surface area contributed by atoms with E-state index in [0.29, 0.717) is 40.9 Å². The second-order valence-electron chi connectivity index (χ2n) is 14.0. The molecule has 0 spiro atoms. The summed E-state index contributed by atoms with van der Waals surface area (Å²) in [5, 5.41) is 24.0. The highest BCUT2D eigenvalue weighted by Crippen LogP contribution is 2.28. The van der Waals surface area contributed by atoms with E-state index in [9.17, 15) is 35.7 Å². The van der Waals surface area contributed by atoms with Crippen molar-refractivity contribution in [2.75, 3.05) is 41.1 Å². The number of nitrogens with one attached hydrogen (secondary N) is 1. The van der Waals surface area contributed by atoms with Crippen molar-refractivity contribution in [3.63, 3.8) is 0 Å². The number of fused-ring (bicyclic) bond motifs is 2. The number of nitrogens with zero attached hydrogens (tertiary/aromatic N) is 5. The van der Waals surface area contributed by atoms with Gasteiger partial charge in [0, 0.05) is 43.0 Å². The molecule has 59 heavy (non-hydrogen) atoms. The third-order valence-electron chi connectivity index (χ3n) is 8.92. The van der Waals surface area contributed by atoms with E-state index in [2.05, 4.69) is 24.2 Å². The van der Waals surface area contributed by atoms with Gasteiger partial charge in [-0.2, -0.15) is 13.5 Å². The van der Waals surface area contributed by atoms with Crippen LogP contribution in [0.25, 0.3) is 0 Å². The lowest BCUT2D eigenvalue weighted by Crippen LogP contribution is -2.47. The minimum Gasteiger partial charge on any atom is -0.494 e. The lowest BCUT2D eigenvalue weighted by Gasteiger charge is -2.33. The Morgan fingerprint density at radius 2 is 1.49 bits per heavy atom. The molecule has 0 unspecified atom stereocenters. The van der Waals surface area contributed by atoms with Gasteiger partial charge in [0.1, 0.15) is 17.4 Å². The molecule has 4 aromatic rings. The highest BCUT2D eigenvalue weighted by atomic mass is 32.2. The van der Waals surface area contributed by atoms with E-state index in [1.807, 2.05) is 13.8 Å². The van der Waals surface area contributed by atoms with Gasteiger partial charge >= 0.3 is 14.2 Å². The molecular weight excluding hydrogens is 812 g/mol. The topological polar surface area (TPSA) is 210 Å². The molecular formula is C37H38B2F2N6O10S2. The Morgan fingerprint density at radius 3 is 2.10 bits per heavy atom. The number of rotatable bonds is 9. The summed E-state index contributed by atoms with van der Waals surface area (Å²) in [5.74, 6) is -0.501. The molecule has 0 bridgehead atoms. The van der Waals surface area contributed by atoms with Crippen molar-refractivity contribution in [3.05, 3.63) is 107 Å². The minimum absolute atomic E-state index is 0.0589. The zero-order chi connectivity index (χ0) is 42.7. The van der Waals surface area contributed by atoms with E-state index >= 15 is 0 Å². The summed E-state index contributed by atoms with van der Waals surface area (Å²) < 4.78 is 104.